The molecule has 0 saturated heterocycles. The van der Waals surface area contributed by atoms with Crippen LogP contribution in [0.5, 0.6) is 0 Å². The number of aromatic amines is 1. The lowest BCUT2D eigenvalue weighted by atomic mass is 9.91. The van der Waals surface area contributed by atoms with E-state index in [1.165, 1.54) is 6.20 Å². The maximum atomic E-state index is 12.0. The summed E-state index contributed by atoms with van der Waals surface area (Å²) in [6.07, 6.45) is 2.32. The minimum absolute atomic E-state index is 0.0619. The van der Waals surface area contributed by atoms with Gasteiger partial charge >= 0.3 is 0 Å². The van der Waals surface area contributed by atoms with Crippen molar-refractivity contribution in [3.8, 4) is 0 Å². The van der Waals surface area contributed by atoms with Crippen LogP contribution in [0.2, 0.25) is 0 Å². The van der Waals surface area contributed by atoms with E-state index in [4.69, 9.17) is 5.73 Å². The third-order valence-corrected chi connectivity index (χ3v) is 4.28. The number of sulfonamides is 1. The summed E-state index contributed by atoms with van der Waals surface area (Å²) in [6, 6.07) is 0. The summed E-state index contributed by atoms with van der Waals surface area (Å²) in [5.74, 6) is 0. The summed E-state index contributed by atoms with van der Waals surface area (Å²) >= 11 is 0. The molecule has 7 heteroatoms. The molecule has 0 aliphatic rings. The number of aromatic nitrogens is 2. The van der Waals surface area contributed by atoms with Crippen LogP contribution in [-0.4, -0.2) is 25.2 Å². The lowest BCUT2D eigenvalue weighted by Crippen LogP contribution is -2.34. The van der Waals surface area contributed by atoms with Gasteiger partial charge in [-0.05, 0) is 11.8 Å². The second-order valence-electron chi connectivity index (χ2n) is 4.77. The average Bonchev–Trinajstić information content (AvgIpc) is 2.75. The molecule has 0 unspecified atom stereocenters. The van der Waals surface area contributed by atoms with Gasteiger partial charge in [0.05, 0.1) is 6.20 Å². The first-order chi connectivity index (χ1) is 7.82. The van der Waals surface area contributed by atoms with Crippen molar-refractivity contribution >= 4 is 10.0 Å². The van der Waals surface area contributed by atoms with Crippen LogP contribution in [0.25, 0.3) is 0 Å². The molecular formula is C10H20N4O2S. The van der Waals surface area contributed by atoms with E-state index in [1.807, 2.05) is 20.8 Å². The third-order valence-electron chi connectivity index (χ3n) is 2.86. The quantitative estimate of drug-likeness (QED) is 0.696. The van der Waals surface area contributed by atoms with E-state index in [1.54, 1.807) is 0 Å². The molecule has 1 aromatic heterocycles. The van der Waals surface area contributed by atoms with Gasteiger partial charge in [0.15, 0.2) is 5.03 Å². The summed E-state index contributed by atoms with van der Waals surface area (Å²) in [6.45, 7) is 6.56. The van der Waals surface area contributed by atoms with Crippen LogP contribution in [0.3, 0.4) is 0 Å². The van der Waals surface area contributed by atoms with Crippen LogP contribution in [-0.2, 0) is 16.6 Å². The molecule has 6 nitrogen and oxygen atoms in total. The van der Waals surface area contributed by atoms with Crippen LogP contribution in [0, 0.1) is 5.41 Å². The molecule has 0 spiro atoms. The molecule has 1 rings (SSSR count). The Morgan fingerprint density at radius 2 is 2.18 bits per heavy atom. The molecule has 0 bridgehead atoms. The van der Waals surface area contributed by atoms with Crippen LogP contribution in [0.4, 0.5) is 0 Å². The smallest absolute Gasteiger partial charge is 0.257 e. The highest BCUT2D eigenvalue weighted by Crippen LogP contribution is 2.19. The summed E-state index contributed by atoms with van der Waals surface area (Å²) in [5, 5.41) is 6.23. The van der Waals surface area contributed by atoms with Gasteiger partial charge in [-0.1, -0.05) is 20.8 Å². The number of nitrogens with two attached hydrogens (primary N) is 1. The Morgan fingerprint density at radius 3 is 2.71 bits per heavy atom. The molecule has 1 heterocycles. The normalized spacial score (nSPS) is 12.9. The first-order valence-corrected chi connectivity index (χ1v) is 7.02. The van der Waals surface area contributed by atoms with Gasteiger partial charge in [0.1, 0.15) is 0 Å². The molecule has 0 saturated carbocycles. The van der Waals surface area contributed by atoms with Gasteiger partial charge in [0, 0.05) is 18.7 Å². The van der Waals surface area contributed by atoms with E-state index in [-0.39, 0.29) is 17.0 Å². The molecule has 0 radical (unpaired) electrons. The van der Waals surface area contributed by atoms with Crippen molar-refractivity contribution in [2.45, 2.75) is 38.8 Å². The molecule has 1 aromatic rings. The minimum Gasteiger partial charge on any atom is -0.326 e. The van der Waals surface area contributed by atoms with Crippen molar-refractivity contribution in [1.82, 2.24) is 14.9 Å². The fourth-order valence-corrected chi connectivity index (χ4v) is 2.54. The zero-order valence-electron chi connectivity index (χ0n) is 10.4. The second-order valence-corrected chi connectivity index (χ2v) is 6.47. The van der Waals surface area contributed by atoms with Crippen molar-refractivity contribution < 1.29 is 8.42 Å². The standard InChI is InChI=1S/C10H20N4O2S/c1-4-10(2,3)7-13-17(15,16)9-8(5-11)6-12-14-9/h6,13H,4-5,7,11H2,1-3H3,(H,12,14). The molecule has 0 fully saturated rings. The Labute approximate surface area is 102 Å². The Balaban J connectivity index is 2.83. The van der Waals surface area contributed by atoms with Gasteiger partial charge in [-0.3, -0.25) is 5.10 Å². The molecule has 0 amide bonds. The number of hydrogen-bond donors (Lipinski definition) is 3. The van der Waals surface area contributed by atoms with Gasteiger partial charge in [-0.25, -0.2) is 13.1 Å². The molecule has 17 heavy (non-hydrogen) atoms. The molecule has 4 N–H and O–H groups in total. The van der Waals surface area contributed by atoms with E-state index < -0.39 is 10.0 Å². The first-order valence-electron chi connectivity index (χ1n) is 5.54. The Hall–Kier alpha value is -0.920. The number of nitrogens with one attached hydrogen (secondary N) is 2. The highest BCUT2D eigenvalue weighted by Gasteiger charge is 2.23. The van der Waals surface area contributed by atoms with Crippen LogP contribution >= 0.6 is 0 Å². The molecule has 98 valence electrons. The zero-order chi connectivity index (χ0) is 13.1. The summed E-state index contributed by atoms with van der Waals surface area (Å²) in [5.41, 5.74) is 5.87. The van der Waals surface area contributed by atoms with Crippen molar-refractivity contribution in [1.29, 1.82) is 0 Å². The predicted molar refractivity (Wildman–Crippen MR) is 65.7 cm³/mol. The van der Waals surface area contributed by atoms with E-state index >= 15 is 0 Å². The fraction of sp³-hybridized carbons (Fsp3) is 0.700. The lowest BCUT2D eigenvalue weighted by Gasteiger charge is -2.22. The van der Waals surface area contributed by atoms with E-state index in [9.17, 15) is 8.42 Å². The Bertz CT molecular complexity index is 464. The topological polar surface area (TPSA) is 101 Å². The highest BCUT2D eigenvalue weighted by atomic mass is 32.2. The molecule has 0 atom stereocenters. The summed E-state index contributed by atoms with van der Waals surface area (Å²) in [7, 11) is -3.55. The Morgan fingerprint density at radius 1 is 1.53 bits per heavy atom. The SMILES string of the molecule is CCC(C)(C)CNS(=O)(=O)c1[nH]ncc1CN. The first kappa shape index (κ1) is 14.1. The highest BCUT2D eigenvalue weighted by molar-refractivity contribution is 7.89. The van der Waals surface area contributed by atoms with Crippen LogP contribution in [0.1, 0.15) is 32.8 Å². The van der Waals surface area contributed by atoms with Gasteiger partial charge in [-0.2, -0.15) is 5.10 Å². The Kier molecular flexibility index (Phi) is 4.29. The number of hydrogen-bond acceptors (Lipinski definition) is 4. The molecule has 0 aliphatic carbocycles. The minimum atomic E-state index is -3.55. The second kappa shape index (κ2) is 5.16. The maximum absolute atomic E-state index is 12.0. The van der Waals surface area contributed by atoms with Crippen molar-refractivity contribution in [2.75, 3.05) is 6.54 Å². The van der Waals surface area contributed by atoms with Crippen LogP contribution in [0.15, 0.2) is 11.2 Å². The zero-order valence-corrected chi connectivity index (χ0v) is 11.3. The van der Waals surface area contributed by atoms with Crippen LogP contribution < -0.4 is 10.5 Å². The lowest BCUT2D eigenvalue weighted by molar-refractivity contribution is 0.350. The van der Waals surface area contributed by atoms with Gasteiger partial charge in [-0.15, -0.1) is 0 Å². The fourth-order valence-electron chi connectivity index (χ4n) is 1.16. The van der Waals surface area contributed by atoms with E-state index in [2.05, 4.69) is 14.9 Å². The summed E-state index contributed by atoms with van der Waals surface area (Å²) in [4.78, 5) is 0. The van der Waals surface area contributed by atoms with Gasteiger partial charge in [0.2, 0.25) is 0 Å². The number of rotatable bonds is 6. The largest absolute Gasteiger partial charge is 0.326 e. The molecule has 0 aliphatic heterocycles. The predicted octanol–water partition coefficient (Wildman–Crippen LogP) is 0.583. The molecule has 0 aromatic carbocycles. The maximum Gasteiger partial charge on any atom is 0.257 e. The van der Waals surface area contributed by atoms with Gasteiger partial charge in [0.25, 0.3) is 10.0 Å². The third kappa shape index (κ3) is 3.52. The summed E-state index contributed by atoms with van der Waals surface area (Å²) < 4.78 is 26.6. The molecular weight excluding hydrogens is 240 g/mol. The average molecular weight is 260 g/mol. The van der Waals surface area contributed by atoms with E-state index in [0.717, 1.165) is 6.42 Å². The van der Waals surface area contributed by atoms with Crippen molar-refractivity contribution in [3.05, 3.63) is 11.8 Å². The number of H-pyrrole nitrogens is 1. The number of nitrogens with zero attached hydrogens (tertiary/aromatic N) is 1. The monoisotopic (exact) mass is 260 g/mol. The van der Waals surface area contributed by atoms with Gasteiger partial charge < -0.3 is 5.73 Å². The van der Waals surface area contributed by atoms with E-state index in [0.29, 0.717) is 12.1 Å². The van der Waals surface area contributed by atoms with Crippen molar-refractivity contribution in [2.24, 2.45) is 11.1 Å². The van der Waals surface area contributed by atoms with Crippen molar-refractivity contribution in [3.63, 3.8) is 0 Å².